The van der Waals surface area contributed by atoms with Gasteiger partial charge in [-0.15, -0.1) is 11.3 Å². The topological polar surface area (TPSA) is 97.1 Å². The summed E-state index contributed by atoms with van der Waals surface area (Å²) >= 11 is 1.77. The van der Waals surface area contributed by atoms with Crippen molar-refractivity contribution in [2.75, 3.05) is 14.2 Å². The molecule has 4 aromatic rings. The zero-order valence-corrected chi connectivity index (χ0v) is 26.0. The van der Waals surface area contributed by atoms with Gasteiger partial charge in [-0.2, -0.15) is 0 Å². The molecule has 0 radical (unpaired) electrons. The van der Waals surface area contributed by atoms with Crippen LogP contribution >= 0.6 is 11.3 Å². The van der Waals surface area contributed by atoms with Crippen LogP contribution in [-0.2, 0) is 20.5 Å². The molecule has 6 rings (SSSR count). The van der Waals surface area contributed by atoms with Crippen LogP contribution in [-0.4, -0.2) is 26.2 Å². The number of carbonyl (C=O) groups is 2. The van der Waals surface area contributed by atoms with E-state index in [0.717, 1.165) is 11.1 Å². The molecule has 3 heterocycles. The molecule has 220 valence electrons. The standard InChI is InChI=1S/C35H33NO6S/c1-34(2,3)28-13-12-27(43-28)18-8-10-19(11-9-18)29-21-16-25-22(17-24(21)41-32(29)37)30(33(38)42-25)20-14-23(35(4,5)36)31(40-7)26(15-20)39-6/h8-17H,36H2,1-7H3. The van der Waals surface area contributed by atoms with Gasteiger partial charge in [0.2, 0.25) is 0 Å². The number of fused-ring (bicyclic) bond motifs is 2. The molecule has 0 amide bonds. The first-order chi connectivity index (χ1) is 20.3. The Morgan fingerprint density at radius 3 is 1.74 bits per heavy atom. The second-order valence-corrected chi connectivity index (χ2v) is 13.4. The molecule has 0 unspecified atom stereocenters. The van der Waals surface area contributed by atoms with Crippen LogP contribution in [0.3, 0.4) is 0 Å². The van der Waals surface area contributed by atoms with E-state index in [4.69, 9.17) is 24.7 Å². The van der Waals surface area contributed by atoms with Crippen molar-refractivity contribution >= 4 is 34.4 Å². The molecule has 43 heavy (non-hydrogen) atoms. The number of ether oxygens (including phenoxy) is 4. The Kier molecular flexibility index (Phi) is 6.75. The van der Waals surface area contributed by atoms with Gasteiger partial charge in [-0.3, -0.25) is 0 Å². The number of hydrogen-bond acceptors (Lipinski definition) is 8. The van der Waals surface area contributed by atoms with Crippen LogP contribution in [0.15, 0.2) is 60.7 Å². The largest absolute Gasteiger partial charge is 0.493 e. The molecular weight excluding hydrogens is 562 g/mol. The van der Waals surface area contributed by atoms with Gasteiger partial charge in [-0.05, 0) is 72.4 Å². The number of hydrogen-bond donors (Lipinski definition) is 1. The molecule has 0 fully saturated rings. The van der Waals surface area contributed by atoms with Crippen LogP contribution in [0.5, 0.6) is 23.0 Å². The van der Waals surface area contributed by atoms with Crippen molar-refractivity contribution in [2.45, 2.75) is 45.6 Å². The number of thiophene rings is 1. The minimum Gasteiger partial charge on any atom is -0.493 e. The minimum atomic E-state index is -0.786. The molecule has 0 saturated heterocycles. The zero-order valence-electron chi connectivity index (χ0n) is 25.2. The Bertz CT molecular complexity index is 1940. The second-order valence-electron chi connectivity index (χ2n) is 12.3. The van der Waals surface area contributed by atoms with E-state index in [0.29, 0.717) is 55.7 Å². The van der Waals surface area contributed by atoms with Crippen molar-refractivity contribution in [2.24, 2.45) is 5.73 Å². The molecule has 2 N–H and O–H groups in total. The fourth-order valence-electron chi connectivity index (χ4n) is 5.47. The van der Waals surface area contributed by atoms with Gasteiger partial charge in [0.05, 0.1) is 25.4 Å². The highest BCUT2D eigenvalue weighted by molar-refractivity contribution is 7.15. The van der Waals surface area contributed by atoms with E-state index in [-0.39, 0.29) is 5.41 Å². The van der Waals surface area contributed by atoms with Gasteiger partial charge in [0.1, 0.15) is 11.5 Å². The highest BCUT2D eigenvalue weighted by atomic mass is 32.1. The Morgan fingerprint density at radius 1 is 0.698 bits per heavy atom. The molecule has 0 aliphatic carbocycles. The molecule has 2 aliphatic rings. The van der Waals surface area contributed by atoms with Crippen molar-refractivity contribution in [1.29, 1.82) is 0 Å². The van der Waals surface area contributed by atoms with Crippen LogP contribution in [0.25, 0.3) is 21.6 Å². The van der Waals surface area contributed by atoms with Crippen LogP contribution in [0.1, 0.15) is 56.2 Å². The highest BCUT2D eigenvalue weighted by Crippen LogP contribution is 2.40. The van der Waals surface area contributed by atoms with Crippen molar-refractivity contribution in [3.05, 3.63) is 92.7 Å². The van der Waals surface area contributed by atoms with Gasteiger partial charge in [-0.1, -0.05) is 45.0 Å². The smallest absolute Gasteiger partial charge is 0.344 e. The van der Waals surface area contributed by atoms with Crippen molar-refractivity contribution in [1.82, 2.24) is 0 Å². The van der Waals surface area contributed by atoms with Crippen molar-refractivity contribution in [3.8, 4) is 33.4 Å². The summed E-state index contributed by atoms with van der Waals surface area (Å²) in [7, 11) is 3.07. The summed E-state index contributed by atoms with van der Waals surface area (Å²) in [6, 6.07) is 19.1. The Labute approximate surface area is 254 Å². The maximum absolute atomic E-state index is 13.3. The summed E-state index contributed by atoms with van der Waals surface area (Å²) in [6.07, 6.45) is 0. The first-order valence-corrected chi connectivity index (χ1v) is 14.8. The van der Waals surface area contributed by atoms with Crippen molar-refractivity contribution < 1.29 is 28.5 Å². The number of nitrogens with two attached hydrogens (primary N) is 1. The molecule has 3 aromatic carbocycles. The average Bonchev–Trinajstić information content (AvgIpc) is 3.65. The Morgan fingerprint density at radius 2 is 1.26 bits per heavy atom. The summed E-state index contributed by atoms with van der Waals surface area (Å²) in [4.78, 5) is 28.9. The summed E-state index contributed by atoms with van der Waals surface area (Å²) in [5.74, 6) is 0.673. The van der Waals surface area contributed by atoms with Crippen molar-refractivity contribution in [3.63, 3.8) is 0 Å². The average molecular weight is 596 g/mol. The summed E-state index contributed by atoms with van der Waals surface area (Å²) in [5, 5.41) is 1.10. The molecule has 0 spiro atoms. The van der Waals surface area contributed by atoms with E-state index in [9.17, 15) is 9.59 Å². The SMILES string of the molecule is COc1cc(C2=c3cc4c(cc3OC2=O)=C(c2ccc(-c3ccc(C(C)(C)C)s3)cc2)C(=O)O4)cc(C(C)(C)N)c1OC. The van der Waals surface area contributed by atoms with Gasteiger partial charge in [0.15, 0.2) is 11.5 Å². The van der Waals surface area contributed by atoms with E-state index in [1.165, 1.54) is 16.9 Å². The first kappa shape index (κ1) is 28.7. The lowest BCUT2D eigenvalue weighted by atomic mass is 9.90. The maximum atomic E-state index is 13.3. The zero-order chi connectivity index (χ0) is 30.8. The molecule has 1 aromatic heterocycles. The number of benzene rings is 3. The lowest BCUT2D eigenvalue weighted by molar-refractivity contribution is -0.128. The minimum absolute atomic E-state index is 0.0831. The normalized spacial score (nSPS) is 14.4. The fraction of sp³-hybridized carbons (Fsp3) is 0.257. The molecular formula is C35H33NO6S. The first-order valence-electron chi connectivity index (χ1n) is 13.9. The lowest BCUT2D eigenvalue weighted by Crippen LogP contribution is -2.29. The van der Waals surface area contributed by atoms with E-state index < -0.39 is 17.5 Å². The number of rotatable bonds is 6. The Hall–Kier alpha value is -4.40. The predicted molar refractivity (Wildman–Crippen MR) is 167 cm³/mol. The van der Waals surface area contributed by atoms with Crippen LogP contribution in [0.2, 0.25) is 0 Å². The van der Waals surface area contributed by atoms with Crippen LogP contribution < -0.4 is 35.1 Å². The lowest BCUT2D eigenvalue weighted by Gasteiger charge is -2.24. The molecule has 2 aliphatic heterocycles. The van der Waals surface area contributed by atoms with Gasteiger partial charge in [0.25, 0.3) is 0 Å². The van der Waals surface area contributed by atoms with Crippen LogP contribution in [0, 0.1) is 0 Å². The molecule has 7 nitrogen and oxygen atoms in total. The van der Waals surface area contributed by atoms with Gasteiger partial charge < -0.3 is 24.7 Å². The number of esters is 2. The Balaban J connectivity index is 1.46. The van der Waals surface area contributed by atoms with Crippen LogP contribution in [0.4, 0.5) is 0 Å². The van der Waals surface area contributed by atoms with E-state index >= 15 is 0 Å². The van der Waals surface area contributed by atoms with Gasteiger partial charge >= 0.3 is 11.9 Å². The maximum Gasteiger partial charge on any atom is 0.344 e. The third-order valence-electron chi connectivity index (χ3n) is 7.70. The summed E-state index contributed by atoms with van der Waals surface area (Å²) in [5.41, 5.74) is 9.53. The number of carbonyl (C=O) groups excluding carboxylic acids is 2. The van der Waals surface area contributed by atoms with Gasteiger partial charge in [-0.25, -0.2) is 9.59 Å². The van der Waals surface area contributed by atoms with E-state index in [1.807, 2.05) is 44.2 Å². The predicted octanol–water partition coefficient (Wildman–Crippen LogP) is 5.16. The molecule has 0 saturated carbocycles. The number of methoxy groups -OCH3 is 2. The van der Waals surface area contributed by atoms with E-state index in [1.54, 1.807) is 36.6 Å². The quantitative estimate of drug-likeness (QED) is 0.243. The summed E-state index contributed by atoms with van der Waals surface area (Å²) in [6.45, 7) is 10.3. The third kappa shape index (κ3) is 4.90. The molecule has 8 heteroatoms. The summed E-state index contributed by atoms with van der Waals surface area (Å²) < 4.78 is 22.6. The monoisotopic (exact) mass is 595 g/mol. The molecule has 0 bridgehead atoms. The molecule has 0 atom stereocenters. The van der Waals surface area contributed by atoms with E-state index in [2.05, 4.69) is 32.9 Å². The highest BCUT2D eigenvalue weighted by Gasteiger charge is 2.32. The second kappa shape index (κ2) is 10.1. The fourth-order valence-corrected chi connectivity index (χ4v) is 6.54. The third-order valence-corrected chi connectivity index (χ3v) is 9.26. The van der Waals surface area contributed by atoms with Gasteiger partial charge in [0, 0.05) is 31.3 Å².